The molecule has 0 atom stereocenters. The Labute approximate surface area is 145 Å². The first-order chi connectivity index (χ1) is 12.3. The first-order valence-electron chi connectivity index (χ1n) is 7.05. The lowest BCUT2D eigenvalue weighted by Crippen LogP contribution is -2.29. The maximum absolute atomic E-state index is 12.0. The minimum absolute atomic E-state index is 0.120. The van der Waals surface area contributed by atoms with Crippen molar-refractivity contribution in [3.8, 4) is 5.75 Å². The minimum atomic E-state index is -0.810. The van der Waals surface area contributed by atoms with Gasteiger partial charge >= 0.3 is 11.7 Å². The maximum Gasteiger partial charge on any atom is 0.308 e. The summed E-state index contributed by atoms with van der Waals surface area (Å²) in [6, 6.07) is 8.55. The zero-order valence-corrected chi connectivity index (χ0v) is 13.3. The summed E-state index contributed by atoms with van der Waals surface area (Å²) >= 11 is 0. The van der Waals surface area contributed by atoms with Crippen LogP contribution in [0.25, 0.3) is 0 Å². The summed E-state index contributed by atoms with van der Waals surface area (Å²) in [5.74, 6) is -0.866. The molecule has 0 saturated heterocycles. The van der Waals surface area contributed by atoms with Crippen LogP contribution in [0, 0.1) is 20.2 Å². The van der Waals surface area contributed by atoms with Gasteiger partial charge in [-0.3, -0.25) is 40.7 Å². The van der Waals surface area contributed by atoms with Gasteiger partial charge in [-0.1, -0.05) is 0 Å². The van der Waals surface area contributed by atoms with Gasteiger partial charge < -0.3 is 4.74 Å². The number of nitro groups is 2. The molecule has 0 aliphatic rings. The maximum atomic E-state index is 12.0. The normalized spacial score (nSPS) is 9.88. The molecule has 0 spiro atoms. The molecular weight excluding hydrogens is 348 g/mol. The smallest absolute Gasteiger partial charge is 0.308 e. The van der Waals surface area contributed by atoms with E-state index in [1.54, 1.807) is 0 Å². The number of ether oxygens (including phenoxy) is 1. The van der Waals surface area contributed by atoms with Crippen LogP contribution in [0.5, 0.6) is 5.75 Å². The van der Waals surface area contributed by atoms with Crippen molar-refractivity contribution >= 4 is 28.9 Å². The molecule has 2 aromatic carbocycles. The van der Waals surface area contributed by atoms with Crippen molar-refractivity contribution in [3.05, 3.63) is 68.3 Å². The van der Waals surface area contributed by atoms with E-state index < -0.39 is 33.1 Å². The number of hydrogen-bond acceptors (Lipinski definition) is 8. The Hall–Kier alpha value is -4.02. The van der Waals surface area contributed by atoms with Gasteiger partial charge in [0.1, 0.15) is 11.4 Å². The number of esters is 1. The van der Waals surface area contributed by atoms with Gasteiger partial charge in [-0.25, -0.2) is 0 Å². The molecule has 11 nitrogen and oxygen atoms in total. The Balaban J connectivity index is 2.10. The summed E-state index contributed by atoms with van der Waals surface area (Å²) < 4.78 is 4.83. The summed E-state index contributed by atoms with van der Waals surface area (Å²) in [4.78, 5) is 43.0. The number of rotatable bonds is 6. The highest BCUT2D eigenvalue weighted by atomic mass is 16.6. The molecule has 1 amide bonds. The Morgan fingerprint density at radius 3 is 2.19 bits per heavy atom. The average Bonchev–Trinajstić information content (AvgIpc) is 2.59. The number of carbonyl (C=O) groups excluding carboxylic acids is 2. The fourth-order valence-electron chi connectivity index (χ4n) is 1.93. The molecule has 2 aromatic rings. The van der Waals surface area contributed by atoms with Gasteiger partial charge in [-0.05, 0) is 30.3 Å². The van der Waals surface area contributed by atoms with E-state index >= 15 is 0 Å². The highest BCUT2D eigenvalue weighted by Gasteiger charge is 2.20. The molecule has 0 heterocycles. The molecule has 0 saturated carbocycles. The monoisotopic (exact) mass is 360 g/mol. The first kappa shape index (κ1) is 18.3. The topological polar surface area (TPSA) is 154 Å². The van der Waals surface area contributed by atoms with Crippen molar-refractivity contribution in [1.82, 2.24) is 5.43 Å². The van der Waals surface area contributed by atoms with Gasteiger partial charge in [0, 0.05) is 18.6 Å². The third kappa shape index (κ3) is 4.50. The highest BCUT2D eigenvalue weighted by Crippen LogP contribution is 2.28. The second-order valence-electron chi connectivity index (χ2n) is 4.91. The fourth-order valence-corrected chi connectivity index (χ4v) is 1.93. The number of nitrogens with zero attached hydrogens (tertiary/aromatic N) is 2. The molecule has 134 valence electrons. The van der Waals surface area contributed by atoms with Crippen LogP contribution in [0.4, 0.5) is 17.1 Å². The molecule has 0 bridgehead atoms. The number of nitro benzene ring substituents is 2. The molecule has 0 fully saturated rings. The van der Waals surface area contributed by atoms with E-state index in [0.29, 0.717) is 0 Å². The van der Waals surface area contributed by atoms with Crippen LogP contribution >= 0.6 is 0 Å². The molecule has 0 aromatic heterocycles. The predicted molar refractivity (Wildman–Crippen MR) is 88.6 cm³/mol. The van der Waals surface area contributed by atoms with Gasteiger partial charge in [-0.2, -0.15) is 0 Å². The van der Waals surface area contributed by atoms with Gasteiger partial charge in [0.2, 0.25) is 0 Å². The van der Waals surface area contributed by atoms with E-state index in [1.807, 2.05) is 0 Å². The molecular formula is C15H12N4O7. The molecule has 0 unspecified atom stereocenters. The van der Waals surface area contributed by atoms with Gasteiger partial charge in [-0.15, -0.1) is 0 Å². The number of hydrogen-bond donors (Lipinski definition) is 2. The Morgan fingerprint density at radius 2 is 1.65 bits per heavy atom. The predicted octanol–water partition coefficient (Wildman–Crippen LogP) is 2.19. The van der Waals surface area contributed by atoms with E-state index in [9.17, 15) is 29.8 Å². The second kappa shape index (κ2) is 7.70. The first-order valence-corrected chi connectivity index (χ1v) is 7.05. The summed E-state index contributed by atoms with van der Waals surface area (Å²) in [5, 5.41) is 21.7. The van der Waals surface area contributed by atoms with E-state index in [-0.39, 0.29) is 17.0 Å². The van der Waals surface area contributed by atoms with Crippen LogP contribution in [0.1, 0.15) is 17.3 Å². The number of amides is 1. The third-order valence-corrected chi connectivity index (χ3v) is 3.08. The van der Waals surface area contributed by atoms with E-state index in [1.165, 1.54) is 31.2 Å². The van der Waals surface area contributed by atoms with Gasteiger partial charge in [0.05, 0.1) is 15.9 Å². The molecule has 26 heavy (non-hydrogen) atoms. The van der Waals surface area contributed by atoms with E-state index in [0.717, 1.165) is 18.2 Å². The van der Waals surface area contributed by atoms with Crippen LogP contribution in [0.2, 0.25) is 0 Å². The van der Waals surface area contributed by atoms with Gasteiger partial charge in [0.15, 0.2) is 0 Å². The molecule has 0 aliphatic carbocycles. The van der Waals surface area contributed by atoms with Crippen molar-refractivity contribution in [2.75, 3.05) is 5.43 Å². The Bertz CT molecular complexity index is 880. The lowest BCUT2D eigenvalue weighted by molar-refractivity contribution is -0.393. The Morgan fingerprint density at radius 1 is 1.00 bits per heavy atom. The van der Waals surface area contributed by atoms with Crippen LogP contribution in [-0.2, 0) is 4.79 Å². The zero-order chi connectivity index (χ0) is 19.3. The van der Waals surface area contributed by atoms with Crippen LogP contribution in [0.3, 0.4) is 0 Å². The van der Waals surface area contributed by atoms with Crippen molar-refractivity contribution in [2.24, 2.45) is 0 Å². The number of hydrazine groups is 1. The zero-order valence-electron chi connectivity index (χ0n) is 13.3. The summed E-state index contributed by atoms with van der Waals surface area (Å²) in [5.41, 5.74) is 3.66. The van der Waals surface area contributed by atoms with Crippen LogP contribution in [-0.4, -0.2) is 21.7 Å². The van der Waals surface area contributed by atoms with Crippen LogP contribution < -0.4 is 15.6 Å². The number of anilines is 1. The van der Waals surface area contributed by atoms with E-state index in [4.69, 9.17) is 4.74 Å². The largest absolute Gasteiger partial charge is 0.427 e. The van der Waals surface area contributed by atoms with Crippen molar-refractivity contribution < 1.29 is 24.2 Å². The van der Waals surface area contributed by atoms with Crippen molar-refractivity contribution in [2.45, 2.75) is 6.92 Å². The molecule has 0 aliphatic heterocycles. The summed E-state index contributed by atoms with van der Waals surface area (Å²) in [7, 11) is 0. The third-order valence-electron chi connectivity index (χ3n) is 3.08. The average molecular weight is 360 g/mol. The van der Waals surface area contributed by atoms with Gasteiger partial charge in [0.25, 0.3) is 11.6 Å². The number of carbonyl (C=O) groups is 2. The van der Waals surface area contributed by atoms with Crippen molar-refractivity contribution in [3.63, 3.8) is 0 Å². The lowest BCUT2D eigenvalue weighted by atomic mass is 10.2. The number of benzene rings is 2. The summed E-state index contributed by atoms with van der Waals surface area (Å²) in [6.07, 6.45) is 0. The fraction of sp³-hybridized carbons (Fsp3) is 0.0667. The molecule has 2 N–H and O–H groups in total. The minimum Gasteiger partial charge on any atom is -0.427 e. The number of non-ortho nitro benzene ring substituents is 1. The highest BCUT2D eigenvalue weighted by molar-refractivity contribution is 5.95. The van der Waals surface area contributed by atoms with E-state index in [2.05, 4.69) is 10.9 Å². The quantitative estimate of drug-likeness (QED) is 0.344. The molecule has 2 rings (SSSR count). The summed E-state index contributed by atoms with van der Waals surface area (Å²) in [6.45, 7) is 1.24. The van der Waals surface area contributed by atoms with Crippen LogP contribution in [0.15, 0.2) is 42.5 Å². The molecule has 0 radical (unpaired) electrons. The second-order valence-corrected chi connectivity index (χ2v) is 4.91. The number of nitrogens with one attached hydrogen (secondary N) is 2. The molecule has 11 heteroatoms. The van der Waals surface area contributed by atoms with Crippen molar-refractivity contribution in [1.29, 1.82) is 0 Å². The SMILES string of the molecule is CC(=O)Oc1ccc(C(=O)NNc2ccc([N+](=O)[O-])cc2[N+](=O)[O-])cc1. The standard InChI is InChI=1S/C15H12N4O7/c1-9(20)26-12-5-2-10(3-6-12)15(21)17-16-13-7-4-11(18(22)23)8-14(13)19(24)25/h2-8,16H,1H3,(H,17,21). The lowest BCUT2D eigenvalue weighted by Gasteiger charge is -2.09. The Kier molecular flexibility index (Phi) is 5.43.